The Hall–Kier alpha value is -1.91. The molecule has 2 aliphatic rings. The second-order valence-corrected chi connectivity index (χ2v) is 13.6. The first-order valence-corrected chi connectivity index (χ1v) is 18.9. The molecular formula is C36H64O14. The average molecular weight is 721 g/mol. The predicted octanol–water partition coefficient (Wildman–Crippen LogP) is 3.34. The van der Waals surface area contributed by atoms with Crippen molar-refractivity contribution in [3.8, 4) is 0 Å². The molecule has 2 rings (SSSR count). The van der Waals surface area contributed by atoms with Gasteiger partial charge in [-0.15, -0.1) is 0 Å². The molecule has 0 aliphatic carbocycles. The first-order chi connectivity index (χ1) is 24.0. The molecule has 50 heavy (non-hydrogen) atoms. The van der Waals surface area contributed by atoms with E-state index in [-0.39, 0.29) is 19.3 Å². The first kappa shape index (κ1) is 44.3. The SMILES string of the molecule is CCCCCCCC(=O)OCC1OC(OC2(COC(=O)CCCCCCC)OC(COC(=O)CCCCCCC)C(O)C2O)C(O)C(O)C1O. The van der Waals surface area contributed by atoms with Crippen molar-refractivity contribution >= 4 is 17.9 Å². The highest BCUT2D eigenvalue weighted by atomic mass is 16.8. The Labute approximate surface area is 297 Å². The maximum atomic E-state index is 12.7. The molecule has 0 radical (unpaired) electrons. The summed E-state index contributed by atoms with van der Waals surface area (Å²) >= 11 is 0. The molecule has 0 aromatic heterocycles. The number of hydrogen-bond donors (Lipinski definition) is 5. The summed E-state index contributed by atoms with van der Waals surface area (Å²) in [4.78, 5) is 37.3. The third-order valence-electron chi connectivity index (χ3n) is 9.19. The lowest BCUT2D eigenvalue weighted by Gasteiger charge is -2.43. The van der Waals surface area contributed by atoms with Crippen LogP contribution in [0.15, 0.2) is 0 Å². The van der Waals surface area contributed by atoms with Crippen LogP contribution < -0.4 is 0 Å². The molecule has 0 bridgehead atoms. The highest BCUT2D eigenvalue weighted by Crippen LogP contribution is 2.37. The molecule has 0 amide bonds. The fourth-order valence-electron chi connectivity index (χ4n) is 5.96. The Bertz CT molecular complexity index is 965. The van der Waals surface area contributed by atoms with Crippen LogP contribution in [0.1, 0.15) is 136 Å². The molecule has 2 saturated heterocycles. The average Bonchev–Trinajstić information content (AvgIpc) is 3.33. The van der Waals surface area contributed by atoms with Crippen LogP contribution in [0.2, 0.25) is 0 Å². The number of carbonyl (C=O) groups is 3. The van der Waals surface area contributed by atoms with Gasteiger partial charge in [-0.1, -0.05) is 97.8 Å². The molecule has 9 unspecified atom stereocenters. The molecule has 2 fully saturated rings. The molecule has 2 aliphatic heterocycles. The fraction of sp³-hybridized carbons (Fsp3) is 0.917. The van der Waals surface area contributed by atoms with Gasteiger partial charge in [0.25, 0.3) is 0 Å². The molecule has 5 N–H and O–H groups in total. The predicted molar refractivity (Wildman–Crippen MR) is 180 cm³/mol. The quantitative estimate of drug-likeness (QED) is 0.0494. The third-order valence-corrected chi connectivity index (χ3v) is 9.19. The zero-order valence-corrected chi connectivity index (χ0v) is 30.4. The normalized spacial score (nSPS) is 29.5. The summed E-state index contributed by atoms with van der Waals surface area (Å²) in [5, 5.41) is 54.2. The van der Waals surface area contributed by atoms with Crippen LogP contribution in [-0.4, -0.2) is 118 Å². The van der Waals surface area contributed by atoms with Crippen molar-refractivity contribution in [2.45, 2.75) is 191 Å². The van der Waals surface area contributed by atoms with Crippen LogP contribution in [0, 0.1) is 0 Å². The lowest BCUT2D eigenvalue weighted by Crippen LogP contribution is -2.63. The van der Waals surface area contributed by atoms with E-state index in [4.69, 9.17) is 28.4 Å². The molecule has 14 nitrogen and oxygen atoms in total. The number of hydrogen-bond acceptors (Lipinski definition) is 14. The lowest BCUT2D eigenvalue weighted by atomic mass is 9.99. The van der Waals surface area contributed by atoms with E-state index in [1.165, 1.54) is 0 Å². The standard InChI is InChI=1S/C36H64O14/c1-4-7-10-13-16-19-27(37)45-22-25-30(40)32(42)33(43)35(48-25)50-36(24-47-29(39)21-18-15-12-9-6-3)34(44)31(41)26(49-36)23-46-28(38)20-17-14-11-8-5-2/h25-26,30-35,40-44H,4-24H2,1-3H3. The van der Waals surface area contributed by atoms with Gasteiger partial charge in [-0.2, -0.15) is 0 Å². The number of ether oxygens (including phenoxy) is 6. The Balaban J connectivity index is 2.11. The van der Waals surface area contributed by atoms with Crippen molar-refractivity contribution in [3.63, 3.8) is 0 Å². The summed E-state index contributed by atoms with van der Waals surface area (Å²) in [5.41, 5.74) is 0. The van der Waals surface area contributed by atoms with Crippen LogP contribution in [0.4, 0.5) is 0 Å². The maximum Gasteiger partial charge on any atom is 0.305 e. The van der Waals surface area contributed by atoms with E-state index in [0.29, 0.717) is 19.3 Å². The first-order valence-electron chi connectivity index (χ1n) is 18.9. The molecule has 2 heterocycles. The van der Waals surface area contributed by atoms with Gasteiger partial charge in [0, 0.05) is 19.3 Å². The number of aliphatic hydroxyl groups is 5. The summed E-state index contributed by atoms with van der Waals surface area (Å²) in [6, 6.07) is 0. The Morgan fingerprint density at radius 2 is 0.980 bits per heavy atom. The van der Waals surface area contributed by atoms with E-state index in [2.05, 4.69) is 20.8 Å². The van der Waals surface area contributed by atoms with Crippen LogP contribution in [-0.2, 0) is 42.8 Å². The second kappa shape index (κ2) is 24.4. The molecular weight excluding hydrogens is 656 g/mol. The van der Waals surface area contributed by atoms with Crippen LogP contribution >= 0.6 is 0 Å². The summed E-state index contributed by atoms with van der Waals surface area (Å²) in [7, 11) is 0. The van der Waals surface area contributed by atoms with Gasteiger partial charge in [0.15, 0.2) is 6.29 Å². The van der Waals surface area contributed by atoms with Crippen molar-refractivity contribution in [1.29, 1.82) is 0 Å². The van der Waals surface area contributed by atoms with Crippen LogP contribution in [0.25, 0.3) is 0 Å². The summed E-state index contributed by atoms with van der Waals surface area (Å²) in [6.07, 6.45) is 0.714. The van der Waals surface area contributed by atoms with E-state index in [1.54, 1.807) is 0 Å². The van der Waals surface area contributed by atoms with E-state index in [1.807, 2.05) is 0 Å². The molecule has 9 atom stereocenters. The van der Waals surface area contributed by atoms with Gasteiger partial charge < -0.3 is 54.0 Å². The van der Waals surface area contributed by atoms with E-state index in [9.17, 15) is 39.9 Å². The largest absolute Gasteiger partial charge is 0.463 e. The van der Waals surface area contributed by atoms with Gasteiger partial charge in [-0.25, -0.2) is 0 Å². The monoisotopic (exact) mass is 720 g/mol. The van der Waals surface area contributed by atoms with Crippen molar-refractivity contribution in [1.82, 2.24) is 0 Å². The molecule has 0 saturated carbocycles. The number of rotatable bonds is 26. The number of aliphatic hydroxyl groups excluding tert-OH is 5. The number of unbranched alkanes of at least 4 members (excludes halogenated alkanes) is 12. The van der Waals surface area contributed by atoms with Gasteiger partial charge in [-0.3, -0.25) is 14.4 Å². The second-order valence-electron chi connectivity index (χ2n) is 13.6. The zero-order chi connectivity index (χ0) is 36.9. The Kier molecular flexibility index (Phi) is 21.6. The maximum absolute atomic E-state index is 12.7. The number of esters is 3. The van der Waals surface area contributed by atoms with E-state index < -0.39 is 92.5 Å². The topological polar surface area (TPSA) is 208 Å². The summed E-state index contributed by atoms with van der Waals surface area (Å²) < 4.78 is 33.5. The molecule has 0 aromatic rings. The van der Waals surface area contributed by atoms with Crippen molar-refractivity contribution < 1.29 is 68.3 Å². The van der Waals surface area contributed by atoms with Crippen molar-refractivity contribution in [3.05, 3.63) is 0 Å². The Morgan fingerprint density at radius 1 is 0.540 bits per heavy atom. The van der Waals surface area contributed by atoms with Crippen molar-refractivity contribution in [2.75, 3.05) is 19.8 Å². The van der Waals surface area contributed by atoms with Gasteiger partial charge in [0.1, 0.15) is 62.5 Å². The lowest BCUT2D eigenvalue weighted by molar-refractivity contribution is -0.383. The van der Waals surface area contributed by atoms with Gasteiger partial charge in [0.2, 0.25) is 5.79 Å². The third kappa shape index (κ3) is 15.0. The smallest absolute Gasteiger partial charge is 0.305 e. The van der Waals surface area contributed by atoms with Crippen molar-refractivity contribution in [2.24, 2.45) is 0 Å². The number of carbonyl (C=O) groups excluding carboxylic acids is 3. The van der Waals surface area contributed by atoms with E-state index in [0.717, 1.165) is 77.0 Å². The summed E-state index contributed by atoms with van der Waals surface area (Å²) in [6.45, 7) is 4.59. The summed E-state index contributed by atoms with van der Waals surface area (Å²) in [5.74, 6) is -3.99. The van der Waals surface area contributed by atoms with E-state index >= 15 is 0 Å². The molecule has 0 aromatic carbocycles. The molecule has 0 spiro atoms. The van der Waals surface area contributed by atoms with Gasteiger partial charge >= 0.3 is 17.9 Å². The molecule has 292 valence electrons. The highest BCUT2D eigenvalue weighted by Gasteiger charge is 2.60. The zero-order valence-electron chi connectivity index (χ0n) is 30.4. The van der Waals surface area contributed by atoms with Gasteiger partial charge in [-0.05, 0) is 19.3 Å². The molecule has 14 heteroatoms. The minimum Gasteiger partial charge on any atom is -0.463 e. The highest BCUT2D eigenvalue weighted by molar-refractivity contribution is 5.70. The van der Waals surface area contributed by atoms with Crippen LogP contribution in [0.5, 0.6) is 0 Å². The van der Waals surface area contributed by atoms with Crippen LogP contribution in [0.3, 0.4) is 0 Å². The van der Waals surface area contributed by atoms with Gasteiger partial charge in [0.05, 0.1) is 0 Å². The Morgan fingerprint density at radius 3 is 1.46 bits per heavy atom. The minimum absolute atomic E-state index is 0.0806. The fourth-order valence-corrected chi connectivity index (χ4v) is 5.96. The minimum atomic E-state index is -2.33.